The number of nitrogens with one attached hydrogen (secondary N) is 2. The van der Waals surface area contributed by atoms with Crippen LogP contribution in [0.1, 0.15) is 13.3 Å². The van der Waals surface area contributed by atoms with Gasteiger partial charge >= 0.3 is 6.03 Å². The molecule has 0 spiro atoms. The number of hydrogen-bond donors (Lipinski definition) is 4. The summed E-state index contributed by atoms with van der Waals surface area (Å²) < 4.78 is 0. The van der Waals surface area contributed by atoms with Gasteiger partial charge in [0.25, 0.3) is 0 Å². The summed E-state index contributed by atoms with van der Waals surface area (Å²) in [5.41, 5.74) is 4.80. The van der Waals surface area contributed by atoms with E-state index in [1.54, 1.807) is 0 Å². The van der Waals surface area contributed by atoms with Gasteiger partial charge in [0.15, 0.2) is 0 Å². The van der Waals surface area contributed by atoms with E-state index >= 15 is 0 Å². The summed E-state index contributed by atoms with van der Waals surface area (Å²) in [5.74, 6) is -0.572. The Morgan fingerprint density at radius 3 is 2.58 bits per heavy atom. The number of thiol groups is 1. The zero-order chi connectivity index (χ0) is 9.56. The molecule has 0 aliphatic rings. The Balaban J connectivity index is 3.53. The fourth-order valence-corrected chi connectivity index (χ4v) is 0.589. The van der Waals surface area contributed by atoms with Crippen LogP contribution in [0.25, 0.3) is 0 Å². The number of primary amides is 1. The molecule has 0 fully saturated rings. The lowest BCUT2D eigenvalue weighted by atomic mass is 10.5. The largest absolute Gasteiger partial charge is 0.368 e. The first-order chi connectivity index (χ1) is 5.56. The smallest absolute Gasteiger partial charge is 0.316 e. The van der Waals surface area contributed by atoms with E-state index in [2.05, 4.69) is 23.3 Å². The van der Waals surface area contributed by atoms with Gasteiger partial charge in [-0.1, -0.05) is 6.92 Å². The summed E-state index contributed by atoms with van der Waals surface area (Å²) in [4.78, 5) is 21.1. The van der Waals surface area contributed by atoms with Gasteiger partial charge in [-0.2, -0.15) is 12.6 Å². The predicted molar refractivity (Wildman–Crippen MR) is 48.8 cm³/mol. The van der Waals surface area contributed by atoms with E-state index in [9.17, 15) is 9.59 Å². The molecule has 0 aliphatic heterocycles. The third-order valence-electron chi connectivity index (χ3n) is 1.11. The highest BCUT2D eigenvalue weighted by Crippen LogP contribution is 1.93. The highest BCUT2D eigenvalue weighted by atomic mass is 32.1. The maximum absolute atomic E-state index is 10.8. The lowest BCUT2D eigenvalue weighted by molar-refractivity contribution is -0.117. The highest BCUT2D eigenvalue weighted by molar-refractivity contribution is 7.80. The van der Waals surface area contributed by atoms with Crippen LogP contribution < -0.4 is 16.4 Å². The molecule has 12 heavy (non-hydrogen) atoms. The van der Waals surface area contributed by atoms with Crippen LogP contribution >= 0.6 is 12.6 Å². The maximum Gasteiger partial charge on any atom is 0.316 e. The van der Waals surface area contributed by atoms with Crippen LogP contribution in [0.2, 0.25) is 0 Å². The second kappa shape index (κ2) is 5.70. The van der Waals surface area contributed by atoms with Crippen molar-refractivity contribution in [3.05, 3.63) is 0 Å². The predicted octanol–water partition coefficient (Wildman–Crippen LogP) is -0.563. The van der Waals surface area contributed by atoms with Crippen molar-refractivity contribution >= 4 is 24.6 Å². The van der Waals surface area contributed by atoms with Gasteiger partial charge < -0.3 is 16.4 Å². The number of rotatable bonds is 4. The fraction of sp³-hybridized carbons (Fsp3) is 0.667. The Bertz CT molecular complexity index is 174. The van der Waals surface area contributed by atoms with Gasteiger partial charge in [-0.3, -0.25) is 4.79 Å². The van der Waals surface area contributed by atoms with Crippen LogP contribution in [0.5, 0.6) is 0 Å². The van der Waals surface area contributed by atoms with Crippen molar-refractivity contribution < 1.29 is 9.59 Å². The Morgan fingerprint density at radius 2 is 2.17 bits per heavy atom. The first-order valence-corrected chi connectivity index (χ1v) is 4.08. The molecule has 1 unspecified atom stereocenters. The van der Waals surface area contributed by atoms with Crippen molar-refractivity contribution in [1.29, 1.82) is 0 Å². The fourth-order valence-electron chi connectivity index (χ4n) is 0.472. The first kappa shape index (κ1) is 11.1. The second-order valence-electron chi connectivity index (χ2n) is 2.22. The molecule has 0 radical (unpaired) electrons. The van der Waals surface area contributed by atoms with E-state index in [1.807, 2.05) is 6.92 Å². The molecule has 0 aliphatic carbocycles. The summed E-state index contributed by atoms with van der Waals surface area (Å²) in [7, 11) is 0. The Hall–Kier alpha value is -0.910. The highest BCUT2D eigenvalue weighted by Gasteiger charge is 2.05. The standard InChI is InChI=1S/C6H13N3O2S/c1-2-5(12)9-6(11)8-3-4(7)10/h5,12H,2-3H2,1H3,(H2,7,10)(H2,8,9,11). The number of carbonyl (C=O) groups excluding carboxylic acids is 2. The molecule has 0 aromatic heterocycles. The molecule has 6 heteroatoms. The zero-order valence-corrected chi connectivity index (χ0v) is 7.73. The first-order valence-electron chi connectivity index (χ1n) is 3.57. The van der Waals surface area contributed by atoms with Gasteiger partial charge in [-0.25, -0.2) is 4.79 Å². The SMILES string of the molecule is CCC(S)NC(=O)NCC(N)=O. The molecule has 4 N–H and O–H groups in total. The van der Waals surface area contributed by atoms with Gasteiger partial charge in [-0.15, -0.1) is 0 Å². The third kappa shape index (κ3) is 5.84. The Labute approximate surface area is 76.5 Å². The van der Waals surface area contributed by atoms with E-state index in [0.29, 0.717) is 6.42 Å². The average Bonchev–Trinajstić information content (AvgIpc) is 2.00. The lowest BCUT2D eigenvalue weighted by Crippen LogP contribution is -2.43. The maximum atomic E-state index is 10.8. The van der Waals surface area contributed by atoms with E-state index in [-0.39, 0.29) is 11.9 Å². The minimum Gasteiger partial charge on any atom is -0.368 e. The van der Waals surface area contributed by atoms with Crippen LogP contribution in [0.15, 0.2) is 0 Å². The van der Waals surface area contributed by atoms with Crippen LogP contribution in [0.3, 0.4) is 0 Å². The molecule has 0 rings (SSSR count). The van der Waals surface area contributed by atoms with Crippen LogP contribution in [-0.4, -0.2) is 23.9 Å². The van der Waals surface area contributed by atoms with Crippen molar-refractivity contribution in [3.63, 3.8) is 0 Å². The number of urea groups is 1. The van der Waals surface area contributed by atoms with Gasteiger partial charge in [0.2, 0.25) is 5.91 Å². The van der Waals surface area contributed by atoms with E-state index in [1.165, 1.54) is 0 Å². The Morgan fingerprint density at radius 1 is 1.58 bits per heavy atom. The molecule has 0 saturated carbocycles. The van der Waals surface area contributed by atoms with E-state index in [0.717, 1.165) is 0 Å². The summed E-state index contributed by atoms with van der Waals surface area (Å²) in [6.45, 7) is 1.72. The lowest BCUT2D eigenvalue weighted by Gasteiger charge is -2.10. The molecule has 3 amide bonds. The van der Waals surface area contributed by atoms with Crippen LogP contribution in [0, 0.1) is 0 Å². The molecule has 70 valence electrons. The van der Waals surface area contributed by atoms with Crippen molar-refractivity contribution in [2.45, 2.75) is 18.7 Å². The van der Waals surface area contributed by atoms with Crippen molar-refractivity contribution in [1.82, 2.24) is 10.6 Å². The molecule has 0 aromatic carbocycles. The summed E-state index contributed by atoms with van der Waals surface area (Å²) in [6, 6.07) is -0.435. The molecule has 1 atom stereocenters. The van der Waals surface area contributed by atoms with Crippen LogP contribution in [-0.2, 0) is 4.79 Å². The van der Waals surface area contributed by atoms with Gasteiger partial charge in [0.05, 0.1) is 11.9 Å². The van der Waals surface area contributed by atoms with Crippen molar-refractivity contribution in [2.24, 2.45) is 5.73 Å². The molecule has 5 nitrogen and oxygen atoms in total. The van der Waals surface area contributed by atoms with E-state index < -0.39 is 11.9 Å². The van der Waals surface area contributed by atoms with Gasteiger partial charge in [0, 0.05) is 0 Å². The number of carbonyl (C=O) groups is 2. The van der Waals surface area contributed by atoms with E-state index in [4.69, 9.17) is 5.73 Å². The number of amides is 3. The summed E-state index contributed by atoms with van der Waals surface area (Å²) in [5, 5.41) is 4.57. The molecule has 0 aromatic rings. The molecular weight excluding hydrogens is 178 g/mol. The summed E-state index contributed by atoms with van der Waals surface area (Å²) >= 11 is 4.03. The molecular formula is C6H13N3O2S. The topological polar surface area (TPSA) is 84.2 Å². The average molecular weight is 191 g/mol. The summed E-state index contributed by atoms with van der Waals surface area (Å²) in [6.07, 6.45) is 0.715. The van der Waals surface area contributed by atoms with Gasteiger partial charge in [-0.05, 0) is 6.42 Å². The minimum absolute atomic E-state index is 0.157. The Kier molecular flexibility index (Phi) is 5.27. The zero-order valence-electron chi connectivity index (χ0n) is 6.83. The van der Waals surface area contributed by atoms with Crippen molar-refractivity contribution in [2.75, 3.05) is 6.54 Å². The number of nitrogens with two attached hydrogens (primary N) is 1. The molecule has 0 bridgehead atoms. The monoisotopic (exact) mass is 191 g/mol. The molecule has 0 saturated heterocycles. The van der Waals surface area contributed by atoms with Crippen molar-refractivity contribution in [3.8, 4) is 0 Å². The normalized spacial score (nSPS) is 11.8. The second-order valence-corrected chi connectivity index (χ2v) is 2.84. The quantitative estimate of drug-likeness (QED) is 0.354. The minimum atomic E-state index is -0.572. The van der Waals surface area contributed by atoms with Crippen LogP contribution in [0.4, 0.5) is 4.79 Å². The van der Waals surface area contributed by atoms with Gasteiger partial charge in [0.1, 0.15) is 0 Å². The third-order valence-corrected chi connectivity index (χ3v) is 1.60. The number of hydrogen-bond acceptors (Lipinski definition) is 3. The molecule has 0 heterocycles.